The Hall–Kier alpha value is -9.70. The molecule has 0 spiro atoms. The summed E-state index contributed by atoms with van der Waals surface area (Å²) in [5.41, 5.74) is 22.0. The first-order valence-electron chi connectivity index (χ1n) is 31.6. The molecule has 0 radical (unpaired) electrons. The van der Waals surface area contributed by atoms with Crippen molar-refractivity contribution >= 4 is 109 Å². The average Bonchev–Trinajstić information content (AvgIpc) is 1.53. The van der Waals surface area contributed by atoms with E-state index in [0.29, 0.717) is 20.5 Å². The highest BCUT2D eigenvalue weighted by atomic mass is 79.9. The Bertz CT molecular complexity index is 4850. The predicted molar refractivity (Wildman–Crippen MR) is 406 cm³/mol. The minimum atomic E-state index is -1.45. The second kappa shape index (κ2) is 27.9. The summed E-state index contributed by atoms with van der Waals surface area (Å²) in [5, 5.41) is 21.3. The Morgan fingerprint density at radius 1 is 0.271 bits per heavy atom. The number of hydrogen-bond acceptors (Lipinski definition) is 4. The minimum absolute atomic E-state index is 0.477. The van der Waals surface area contributed by atoms with Crippen LogP contribution in [0.3, 0.4) is 0 Å². The van der Waals surface area contributed by atoms with E-state index in [1.54, 1.807) is 12.1 Å². The summed E-state index contributed by atoms with van der Waals surface area (Å²) in [4.78, 5) is 4.40. The number of rotatable bonds is 12. The fraction of sp³-hybridized carbons (Fsp3) is 0.0233. The molecule has 96 heavy (non-hydrogen) atoms. The van der Waals surface area contributed by atoms with E-state index < -0.39 is 17.9 Å². The Balaban J connectivity index is 0.000000135. The molecule has 0 saturated heterocycles. The molecule has 0 atom stereocenters. The summed E-state index contributed by atoms with van der Waals surface area (Å²) < 4.78 is 0.993. The summed E-state index contributed by atoms with van der Waals surface area (Å²) in [6, 6.07) is 120. The number of benzene rings is 14. The first-order valence-corrected chi connectivity index (χ1v) is 33.9. The number of anilines is 6. The largest absolute Gasteiger partial charge is 0.488 e. The van der Waals surface area contributed by atoms with Crippen molar-refractivity contribution in [2.75, 3.05) is 9.80 Å². The fourth-order valence-electron chi connectivity index (χ4n) is 14.1. The normalized spacial score (nSPS) is 12.5. The standard InChI is InChI=1S/C43H29Cl2N.C25H15BrCl2.C18H16BNO2/c44-33-23-26-38-40(28-33)43(31-13-5-1-6-14-31,32-15-7-2-8-16-32)41-29-34(45)27-39(42(38)41)30-21-24-37(25-22-30)46(35-17-9-3-10-18-35)36-19-11-4-12-20-36;26-23-15-19(28)14-22-24(23)20-12-11-18(27)13-21(20)25(22,16-7-3-1-4-8-16)17-9-5-2-6-10-17;21-19(22)15-11-13-18(14-12-15)20(16-7-3-1-4-8-16)17-9-5-2-6-10-17/h1-29H;1-15H;1-14,21-22H. The maximum absolute atomic E-state index is 9.23. The topological polar surface area (TPSA) is 46.9 Å². The Kier molecular flexibility index (Phi) is 18.5. The molecule has 2 aliphatic rings. The van der Waals surface area contributed by atoms with Crippen molar-refractivity contribution in [2.24, 2.45) is 0 Å². The highest BCUT2D eigenvalue weighted by molar-refractivity contribution is 9.10. The van der Waals surface area contributed by atoms with Crippen molar-refractivity contribution < 1.29 is 10.0 Å². The van der Waals surface area contributed by atoms with Crippen molar-refractivity contribution in [3.8, 4) is 33.4 Å². The van der Waals surface area contributed by atoms with Crippen LogP contribution in [-0.4, -0.2) is 17.2 Å². The highest BCUT2D eigenvalue weighted by Crippen LogP contribution is 2.61. The maximum atomic E-state index is 9.23. The molecule has 2 N–H and O–H groups in total. The SMILES string of the molecule is Clc1ccc2c(c1)C(c1ccccc1)(c1ccccc1)c1cc(Cl)cc(-c3ccc(N(c4ccccc4)c4ccccc4)cc3)c1-2.Clc1ccc2c(c1)C(c1ccccc1)(c1ccccc1)c1cc(Cl)cc(Br)c1-2.OB(O)c1ccc(N(c2ccccc2)c2ccccc2)cc1. The fourth-order valence-corrected chi connectivity index (χ4v) is 15.6. The molecule has 2 aliphatic carbocycles. The van der Waals surface area contributed by atoms with Crippen LogP contribution in [0, 0.1) is 0 Å². The average molecular weight is 1390 g/mol. The number of hydrogen-bond donors (Lipinski definition) is 2. The monoisotopic (exact) mass is 1380 g/mol. The van der Waals surface area contributed by atoms with Crippen molar-refractivity contribution in [3.05, 3.63) is 421 Å². The molecular formula is C86H60BBrCl4N2O2. The lowest BCUT2D eigenvalue weighted by Gasteiger charge is -2.34. The van der Waals surface area contributed by atoms with Gasteiger partial charge in [-0.15, -0.1) is 0 Å². The molecule has 0 heterocycles. The molecule has 16 rings (SSSR count). The van der Waals surface area contributed by atoms with Gasteiger partial charge in [0.2, 0.25) is 0 Å². The summed E-state index contributed by atoms with van der Waals surface area (Å²) in [5.74, 6) is 0. The molecular weight excluding hydrogens is 1330 g/mol. The van der Waals surface area contributed by atoms with Gasteiger partial charge in [-0.3, -0.25) is 0 Å². The quantitative estimate of drug-likeness (QED) is 0.120. The smallest absolute Gasteiger partial charge is 0.423 e. The molecule has 14 aromatic rings. The van der Waals surface area contributed by atoms with Gasteiger partial charge in [0.1, 0.15) is 0 Å². The second-order valence-electron chi connectivity index (χ2n) is 23.6. The molecule has 14 aromatic carbocycles. The van der Waals surface area contributed by atoms with Gasteiger partial charge < -0.3 is 19.8 Å². The molecule has 464 valence electrons. The Morgan fingerprint density at radius 2 is 0.562 bits per heavy atom. The molecule has 0 aliphatic heterocycles. The van der Waals surface area contributed by atoms with E-state index in [-0.39, 0.29) is 0 Å². The van der Waals surface area contributed by atoms with Crippen LogP contribution in [0.1, 0.15) is 44.5 Å². The number of para-hydroxylation sites is 4. The van der Waals surface area contributed by atoms with E-state index in [1.807, 2.05) is 115 Å². The lowest BCUT2D eigenvalue weighted by Crippen LogP contribution is -2.29. The van der Waals surface area contributed by atoms with Gasteiger partial charge in [-0.25, -0.2) is 0 Å². The van der Waals surface area contributed by atoms with Crippen molar-refractivity contribution in [2.45, 2.75) is 10.8 Å². The van der Waals surface area contributed by atoms with E-state index in [1.165, 1.54) is 50.1 Å². The summed E-state index contributed by atoms with van der Waals surface area (Å²) >= 11 is 30.7. The van der Waals surface area contributed by atoms with Crippen LogP contribution in [0.2, 0.25) is 20.1 Å². The van der Waals surface area contributed by atoms with Gasteiger partial charge in [-0.2, -0.15) is 0 Å². The van der Waals surface area contributed by atoms with Crippen molar-refractivity contribution in [1.29, 1.82) is 0 Å². The van der Waals surface area contributed by atoms with E-state index in [0.717, 1.165) is 71.4 Å². The summed E-state index contributed by atoms with van der Waals surface area (Å²) in [6.07, 6.45) is 0. The summed E-state index contributed by atoms with van der Waals surface area (Å²) in [7, 11) is -1.45. The predicted octanol–water partition coefficient (Wildman–Crippen LogP) is 23.4. The van der Waals surface area contributed by atoms with Crippen LogP contribution >= 0.6 is 62.3 Å². The lowest BCUT2D eigenvalue weighted by molar-refractivity contribution is 0.426. The third-order valence-corrected chi connectivity index (χ3v) is 19.6. The van der Waals surface area contributed by atoms with Gasteiger partial charge in [-0.05, 0) is 199 Å². The van der Waals surface area contributed by atoms with E-state index >= 15 is 0 Å². The first kappa shape index (κ1) is 63.7. The van der Waals surface area contributed by atoms with E-state index in [9.17, 15) is 10.0 Å². The third kappa shape index (κ3) is 12.1. The third-order valence-electron chi connectivity index (χ3n) is 18.0. The van der Waals surface area contributed by atoms with Crippen LogP contribution < -0.4 is 15.3 Å². The van der Waals surface area contributed by atoms with Gasteiger partial charge in [-0.1, -0.05) is 293 Å². The number of nitrogens with zero attached hydrogens (tertiary/aromatic N) is 2. The van der Waals surface area contributed by atoms with Crippen molar-refractivity contribution in [1.82, 2.24) is 0 Å². The van der Waals surface area contributed by atoms with Crippen LogP contribution in [0.25, 0.3) is 33.4 Å². The molecule has 4 nitrogen and oxygen atoms in total. The van der Waals surface area contributed by atoms with E-state index in [4.69, 9.17) is 46.4 Å². The molecule has 0 amide bonds. The highest BCUT2D eigenvalue weighted by Gasteiger charge is 2.49. The van der Waals surface area contributed by atoms with Gasteiger partial charge in [0, 0.05) is 64.3 Å². The van der Waals surface area contributed by atoms with Gasteiger partial charge in [0.05, 0.1) is 10.8 Å². The van der Waals surface area contributed by atoms with Gasteiger partial charge in [0.15, 0.2) is 0 Å². The Labute approximate surface area is 589 Å². The molecule has 0 saturated carbocycles. The van der Waals surface area contributed by atoms with E-state index in [2.05, 4.69) is 250 Å². The zero-order chi connectivity index (χ0) is 65.8. The zero-order valence-electron chi connectivity index (χ0n) is 51.7. The van der Waals surface area contributed by atoms with Crippen LogP contribution in [0.15, 0.2) is 356 Å². The summed E-state index contributed by atoms with van der Waals surface area (Å²) in [6.45, 7) is 0. The van der Waals surface area contributed by atoms with Crippen LogP contribution in [-0.2, 0) is 10.8 Å². The number of halogens is 5. The van der Waals surface area contributed by atoms with Crippen LogP contribution in [0.5, 0.6) is 0 Å². The van der Waals surface area contributed by atoms with Gasteiger partial charge >= 0.3 is 7.12 Å². The second-order valence-corrected chi connectivity index (χ2v) is 26.2. The number of fused-ring (bicyclic) bond motifs is 6. The molecule has 0 fully saturated rings. The molecule has 0 aromatic heterocycles. The zero-order valence-corrected chi connectivity index (χ0v) is 56.4. The minimum Gasteiger partial charge on any atom is -0.423 e. The van der Waals surface area contributed by atoms with Gasteiger partial charge in [0.25, 0.3) is 0 Å². The Morgan fingerprint density at radius 3 is 0.917 bits per heavy atom. The van der Waals surface area contributed by atoms with Crippen LogP contribution in [0.4, 0.5) is 34.1 Å². The maximum Gasteiger partial charge on any atom is 0.488 e. The molecule has 0 unspecified atom stereocenters. The molecule has 10 heteroatoms. The molecule has 0 bridgehead atoms. The first-order chi connectivity index (χ1) is 47.0. The van der Waals surface area contributed by atoms with Crippen molar-refractivity contribution in [3.63, 3.8) is 0 Å². The lowest BCUT2D eigenvalue weighted by atomic mass is 9.67.